The van der Waals surface area contributed by atoms with Gasteiger partial charge < -0.3 is 9.30 Å². The van der Waals surface area contributed by atoms with Crippen molar-refractivity contribution in [2.45, 2.75) is 52.4 Å². The first-order valence-corrected chi connectivity index (χ1v) is 21.6. The lowest BCUT2D eigenvalue weighted by Gasteiger charge is -2.27. The van der Waals surface area contributed by atoms with Crippen molar-refractivity contribution in [1.29, 1.82) is 0 Å². The number of hydrogen-bond acceptors (Lipinski definition) is 2. The molecule has 0 unspecified atom stereocenters. The molecule has 5 aromatic heterocycles. The van der Waals surface area contributed by atoms with Crippen molar-refractivity contribution in [3.8, 4) is 0 Å². The average Bonchev–Trinajstić information content (AvgIpc) is 3.99. The zero-order valence-electron chi connectivity index (χ0n) is 35.3. The van der Waals surface area contributed by atoms with Gasteiger partial charge in [0.05, 0.1) is 38.8 Å². The van der Waals surface area contributed by atoms with Crippen molar-refractivity contribution >= 4 is 115 Å². The predicted octanol–water partition coefficient (Wildman–Crippen LogP) is 15.8. The topological polar surface area (TPSA) is 24.9 Å². The van der Waals surface area contributed by atoms with Crippen molar-refractivity contribution in [2.24, 2.45) is 0 Å². The van der Waals surface area contributed by atoms with Gasteiger partial charge in [-0.3, -0.25) is 4.40 Å². The lowest BCUT2D eigenvalue weighted by atomic mass is 9.84. The highest BCUT2D eigenvalue weighted by Gasteiger charge is 2.30. The van der Waals surface area contributed by atoms with Gasteiger partial charge in [0, 0.05) is 49.1 Å². The van der Waals surface area contributed by atoms with E-state index >= 15 is 0 Å². The molecule has 0 N–H and O–H groups in total. The van der Waals surface area contributed by atoms with Gasteiger partial charge in [0.25, 0.3) is 0 Å². The van der Waals surface area contributed by atoms with Crippen molar-refractivity contribution in [3.05, 3.63) is 169 Å². The first-order chi connectivity index (χ1) is 29.5. The Morgan fingerprint density at radius 1 is 0.410 bits per heavy atom. The van der Waals surface area contributed by atoms with Crippen LogP contribution in [-0.2, 0) is 10.8 Å². The van der Waals surface area contributed by atoms with Crippen LogP contribution in [0.1, 0.15) is 52.7 Å². The van der Waals surface area contributed by atoms with Crippen molar-refractivity contribution in [3.63, 3.8) is 0 Å². The number of benzene rings is 8. The minimum atomic E-state index is -0.0480. The second kappa shape index (κ2) is 11.8. The largest absolute Gasteiger partial charge is 0.308 e. The Morgan fingerprint density at radius 2 is 0.967 bits per heavy atom. The maximum absolute atomic E-state index is 5.93. The van der Waals surface area contributed by atoms with E-state index in [0.717, 1.165) is 39.3 Å². The van der Waals surface area contributed by atoms with Crippen LogP contribution in [0.25, 0.3) is 98.0 Å². The summed E-state index contributed by atoms with van der Waals surface area (Å²) in [5.41, 5.74) is 14.1. The SMILES string of the molecule is CC(C)(C)c1ccc2c(c1)c1cc(C(C)(C)C)cc3c4nc5c(cc4n2c13)c1cc2ccccc2c2c3c4ccccc4cc(N(c4ccccc4)c4ccccc4)c3n5c12. The van der Waals surface area contributed by atoms with Crippen LogP contribution in [0.4, 0.5) is 17.1 Å². The molecule has 292 valence electrons. The van der Waals surface area contributed by atoms with Gasteiger partial charge in [0.1, 0.15) is 5.65 Å². The van der Waals surface area contributed by atoms with Gasteiger partial charge in [0.15, 0.2) is 0 Å². The summed E-state index contributed by atoms with van der Waals surface area (Å²) < 4.78 is 5.03. The van der Waals surface area contributed by atoms with E-state index in [9.17, 15) is 0 Å². The van der Waals surface area contributed by atoms with Crippen LogP contribution in [-0.4, -0.2) is 13.8 Å². The van der Waals surface area contributed by atoms with E-state index < -0.39 is 0 Å². The van der Waals surface area contributed by atoms with Crippen LogP contribution >= 0.6 is 0 Å². The second-order valence-corrected chi connectivity index (χ2v) is 19.3. The summed E-state index contributed by atoms with van der Waals surface area (Å²) in [7, 11) is 0. The molecule has 13 rings (SSSR count). The molecule has 0 fully saturated rings. The molecule has 0 aliphatic heterocycles. The molecule has 0 spiro atoms. The van der Waals surface area contributed by atoms with Gasteiger partial charge in [0.2, 0.25) is 0 Å². The number of pyridine rings is 1. The molecule has 0 amide bonds. The van der Waals surface area contributed by atoms with Crippen LogP contribution in [0.5, 0.6) is 0 Å². The lowest BCUT2D eigenvalue weighted by molar-refractivity contribution is 0.590. The Bertz CT molecular complexity index is 3890. The Kier molecular flexibility index (Phi) is 6.69. The lowest BCUT2D eigenvalue weighted by Crippen LogP contribution is -2.11. The van der Waals surface area contributed by atoms with E-state index in [-0.39, 0.29) is 10.8 Å². The quantitative estimate of drug-likeness (QED) is 0.178. The zero-order valence-corrected chi connectivity index (χ0v) is 35.3. The van der Waals surface area contributed by atoms with Crippen LogP contribution in [0.2, 0.25) is 0 Å². The molecule has 0 saturated carbocycles. The molecule has 8 aromatic carbocycles. The van der Waals surface area contributed by atoms with Crippen molar-refractivity contribution < 1.29 is 0 Å². The Labute approximate surface area is 353 Å². The monoisotopic (exact) mass is 784 g/mol. The van der Waals surface area contributed by atoms with Crippen LogP contribution in [0.15, 0.2) is 158 Å². The summed E-state index contributed by atoms with van der Waals surface area (Å²) in [6, 6.07) is 58.8. The standard InChI is InChI=1S/C57H44N4/c1-56(2,3)35-25-26-46-41(29-35)43-30-36(57(4,5)6)31-45-51-47(60(46)52(43)45)32-44-42-27-33-17-13-15-23-39(33)49-50-40-24-16-14-18-34(40)28-48(54(50)61(53(42)49)55(44)58-51)59(37-19-9-7-10-20-37)38-21-11-8-12-22-38/h7-32H,1-6H3. The van der Waals surface area contributed by atoms with Gasteiger partial charge in [-0.1, -0.05) is 133 Å². The maximum Gasteiger partial charge on any atom is 0.146 e. The molecule has 4 nitrogen and oxygen atoms in total. The van der Waals surface area contributed by atoms with E-state index in [2.05, 4.69) is 213 Å². The molecular weight excluding hydrogens is 741 g/mol. The van der Waals surface area contributed by atoms with Crippen LogP contribution < -0.4 is 4.90 Å². The van der Waals surface area contributed by atoms with Crippen LogP contribution in [0.3, 0.4) is 0 Å². The number of hydrogen-bond donors (Lipinski definition) is 0. The van der Waals surface area contributed by atoms with Gasteiger partial charge >= 0.3 is 0 Å². The highest BCUT2D eigenvalue weighted by Crippen LogP contribution is 2.51. The Balaban J connectivity index is 1.28. The molecule has 5 heterocycles. The van der Waals surface area contributed by atoms with E-state index in [4.69, 9.17) is 4.98 Å². The van der Waals surface area contributed by atoms with Gasteiger partial charge in [-0.05, 0) is 110 Å². The third-order valence-electron chi connectivity index (χ3n) is 13.6. The minimum Gasteiger partial charge on any atom is -0.308 e. The smallest absolute Gasteiger partial charge is 0.146 e. The van der Waals surface area contributed by atoms with Crippen molar-refractivity contribution in [1.82, 2.24) is 13.8 Å². The molecule has 61 heavy (non-hydrogen) atoms. The molecule has 0 aliphatic rings. The molecule has 0 radical (unpaired) electrons. The summed E-state index contributed by atoms with van der Waals surface area (Å²) in [4.78, 5) is 8.37. The van der Waals surface area contributed by atoms with Gasteiger partial charge in [-0.2, -0.15) is 0 Å². The number of rotatable bonds is 3. The normalized spacial score (nSPS) is 13.1. The summed E-state index contributed by atoms with van der Waals surface area (Å²) in [6.07, 6.45) is 0. The summed E-state index contributed by atoms with van der Waals surface area (Å²) in [6.45, 7) is 13.9. The minimum absolute atomic E-state index is 0.0377. The number of para-hydroxylation sites is 2. The first kappa shape index (κ1) is 34.7. The third-order valence-corrected chi connectivity index (χ3v) is 13.6. The summed E-state index contributed by atoms with van der Waals surface area (Å²) in [5, 5.41) is 13.7. The number of nitrogens with zero attached hydrogens (tertiary/aromatic N) is 4. The Hall–Kier alpha value is -7.17. The van der Waals surface area contributed by atoms with Gasteiger partial charge in [-0.25, -0.2) is 4.98 Å². The third kappa shape index (κ3) is 4.62. The fraction of sp³-hybridized carbons (Fsp3) is 0.140. The van der Waals surface area contributed by atoms with E-state index in [0.29, 0.717) is 0 Å². The summed E-state index contributed by atoms with van der Waals surface area (Å²) in [5.74, 6) is 0. The number of fused-ring (bicyclic) bond motifs is 16. The molecule has 0 aliphatic carbocycles. The molecule has 0 bridgehead atoms. The Morgan fingerprint density at radius 3 is 1.62 bits per heavy atom. The van der Waals surface area contributed by atoms with E-state index in [1.807, 2.05) is 0 Å². The molecule has 0 atom stereocenters. The number of anilines is 3. The molecule has 13 aromatic rings. The van der Waals surface area contributed by atoms with Gasteiger partial charge in [-0.15, -0.1) is 0 Å². The summed E-state index contributed by atoms with van der Waals surface area (Å²) >= 11 is 0. The maximum atomic E-state index is 5.93. The predicted molar refractivity (Wildman–Crippen MR) is 261 cm³/mol. The van der Waals surface area contributed by atoms with Crippen molar-refractivity contribution in [2.75, 3.05) is 4.90 Å². The first-order valence-electron chi connectivity index (χ1n) is 21.6. The van der Waals surface area contributed by atoms with Crippen LogP contribution in [0, 0.1) is 0 Å². The molecule has 4 heteroatoms. The highest BCUT2D eigenvalue weighted by atomic mass is 15.2. The molecule has 0 saturated heterocycles. The van der Waals surface area contributed by atoms with E-state index in [1.165, 1.54) is 86.9 Å². The number of aromatic nitrogens is 3. The zero-order chi connectivity index (χ0) is 41.1. The fourth-order valence-corrected chi connectivity index (χ4v) is 10.6. The second-order valence-electron chi connectivity index (χ2n) is 19.3. The molecular formula is C57H44N4. The average molecular weight is 785 g/mol. The fourth-order valence-electron chi connectivity index (χ4n) is 10.6. The van der Waals surface area contributed by atoms with E-state index in [1.54, 1.807) is 0 Å². The highest BCUT2D eigenvalue weighted by molar-refractivity contribution is 6.37.